The number of fused-ring (bicyclic) bond motifs is 3. The number of carbonyl (C=O) groups is 1. The Morgan fingerprint density at radius 3 is 2.48 bits per heavy atom. The van der Waals surface area contributed by atoms with Crippen LogP contribution in [0, 0.1) is 56.7 Å². The number of nitrogens with zero attached hydrogens (tertiary/aromatic N) is 1. The third-order valence-corrected chi connectivity index (χ3v) is 16.9. The summed E-state index contributed by atoms with van der Waals surface area (Å²) in [4.78, 5) is 17.0. The maximum absolute atomic E-state index is 14.5. The molecule has 4 aliphatic carbocycles. The van der Waals surface area contributed by atoms with Gasteiger partial charge in [0.2, 0.25) is 0 Å². The lowest BCUT2D eigenvalue weighted by molar-refractivity contribution is -0.274. The Morgan fingerprint density at radius 2 is 1.77 bits per heavy atom. The van der Waals surface area contributed by atoms with E-state index in [-0.39, 0.29) is 57.3 Å². The fraction of sp³-hybridized carbons (Fsp3) is 0.804. The predicted molar refractivity (Wildman–Crippen MR) is 208 cm³/mol. The largest absolute Gasteiger partial charge is 0.465 e. The van der Waals surface area contributed by atoms with E-state index in [1.807, 2.05) is 7.11 Å². The van der Waals surface area contributed by atoms with Crippen molar-refractivity contribution in [2.24, 2.45) is 56.7 Å². The van der Waals surface area contributed by atoms with Gasteiger partial charge in [0.15, 0.2) is 0 Å². The molecule has 5 fully saturated rings. The summed E-state index contributed by atoms with van der Waals surface area (Å²) in [5.41, 5.74) is 2.53. The van der Waals surface area contributed by atoms with Gasteiger partial charge in [0.05, 0.1) is 44.1 Å². The molecule has 0 aromatic heterocycles. The highest BCUT2D eigenvalue weighted by Crippen LogP contribution is 2.75. The minimum atomic E-state index is -0.183. The molecule has 52 heavy (non-hydrogen) atoms. The monoisotopic (exact) mass is 718 g/mol. The van der Waals surface area contributed by atoms with Crippen molar-refractivity contribution in [2.75, 3.05) is 40.0 Å². The highest BCUT2D eigenvalue weighted by Gasteiger charge is 2.72. The van der Waals surface area contributed by atoms with E-state index in [0.29, 0.717) is 30.3 Å². The molecule has 7 rings (SSSR count). The molecule has 2 aliphatic heterocycles. The molecule has 1 aromatic rings. The molecule has 6 heteroatoms. The van der Waals surface area contributed by atoms with E-state index in [9.17, 15) is 4.79 Å². The molecule has 12 atom stereocenters. The van der Waals surface area contributed by atoms with Gasteiger partial charge in [-0.2, -0.15) is 0 Å². The van der Waals surface area contributed by atoms with Gasteiger partial charge in [-0.25, -0.2) is 0 Å². The second-order valence-electron chi connectivity index (χ2n) is 19.7. The Hall–Kier alpha value is -1.73. The second kappa shape index (κ2) is 14.4. The van der Waals surface area contributed by atoms with Crippen molar-refractivity contribution in [2.45, 2.75) is 138 Å². The number of esters is 1. The van der Waals surface area contributed by atoms with E-state index in [1.54, 1.807) is 5.57 Å². The van der Waals surface area contributed by atoms with Crippen molar-refractivity contribution < 1.29 is 23.7 Å². The van der Waals surface area contributed by atoms with Gasteiger partial charge in [-0.05, 0) is 96.8 Å². The third kappa shape index (κ3) is 5.98. The topological polar surface area (TPSA) is 57.2 Å². The Morgan fingerprint density at radius 1 is 1.00 bits per heavy atom. The van der Waals surface area contributed by atoms with Gasteiger partial charge < -0.3 is 18.9 Å². The minimum Gasteiger partial charge on any atom is -0.465 e. The van der Waals surface area contributed by atoms with E-state index in [0.717, 1.165) is 77.8 Å². The SMILES string of the molecule is CCCCOC(=O)[C@@H]1[C@@](C)([C@H](C)C(C)C)CC[C@]2(C)[C@H]3CC[C@@H]4C5(COC[C@]4(C)[C@@H](OC4CCN(Cc6ccccc6)C4)[C@H](OC)C5)C3=CC[C@@]12C. The number of unbranched alkanes of at least 4 members (excludes halogenated alkanes) is 1. The van der Waals surface area contributed by atoms with Crippen LogP contribution in [0.1, 0.15) is 119 Å². The van der Waals surface area contributed by atoms with Crippen molar-refractivity contribution in [1.29, 1.82) is 0 Å². The highest BCUT2D eigenvalue weighted by atomic mass is 16.5. The second-order valence-corrected chi connectivity index (χ2v) is 19.7. The Balaban J connectivity index is 1.18. The van der Waals surface area contributed by atoms with Gasteiger partial charge >= 0.3 is 5.97 Å². The van der Waals surface area contributed by atoms with Crippen molar-refractivity contribution >= 4 is 5.97 Å². The molecular formula is C46H71NO5. The fourth-order valence-electron chi connectivity index (χ4n) is 13.5. The molecule has 290 valence electrons. The minimum absolute atomic E-state index is 0.00270. The summed E-state index contributed by atoms with van der Waals surface area (Å²) in [6.45, 7) is 24.2. The van der Waals surface area contributed by atoms with Crippen LogP contribution in [-0.2, 0) is 30.3 Å². The first-order chi connectivity index (χ1) is 24.8. The van der Waals surface area contributed by atoms with Gasteiger partial charge in [-0.15, -0.1) is 0 Å². The van der Waals surface area contributed by atoms with Crippen LogP contribution in [0.4, 0.5) is 0 Å². The smallest absolute Gasteiger partial charge is 0.310 e. The van der Waals surface area contributed by atoms with Crippen LogP contribution in [0.3, 0.4) is 0 Å². The van der Waals surface area contributed by atoms with E-state index >= 15 is 0 Å². The first-order valence-electron chi connectivity index (χ1n) is 21.2. The zero-order chi connectivity index (χ0) is 37.1. The van der Waals surface area contributed by atoms with Crippen LogP contribution in [0.15, 0.2) is 42.0 Å². The van der Waals surface area contributed by atoms with E-state index in [4.69, 9.17) is 18.9 Å². The molecule has 0 spiro atoms. The van der Waals surface area contributed by atoms with E-state index < -0.39 is 0 Å². The summed E-state index contributed by atoms with van der Waals surface area (Å²) in [6.07, 6.45) is 12.4. The average Bonchev–Trinajstić information content (AvgIpc) is 3.56. The maximum atomic E-state index is 14.5. The molecule has 2 saturated heterocycles. The van der Waals surface area contributed by atoms with Crippen molar-refractivity contribution in [3.05, 3.63) is 47.5 Å². The lowest BCUT2D eigenvalue weighted by Crippen LogP contribution is -2.70. The van der Waals surface area contributed by atoms with Gasteiger partial charge in [0, 0.05) is 37.6 Å². The van der Waals surface area contributed by atoms with Gasteiger partial charge in [0.25, 0.3) is 0 Å². The summed E-state index contributed by atoms with van der Waals surface area (Å²) < 4.78 is 26.7. The number of hydrogen-bond acceptors (Lipinski definition) is 6. The lowest BCUT2D eigenvalue weighted by Gasteiger charge is -2.71. The lowest BCUT2D eigenvalue weighted by atomic mass is 9.34. The highest BCUT2D eigenvalue weighted by molar-refractivity contribution is 5.75. The number of likely N-dealkylation sites (tertiary alicyclic amines) is 1. The van der Waals surface area contributed by atoms with Crippen molar-refractivity contribution in [3.63, 3.8) is 0 Å². The molecule has 1 aromatic carbocycles. The van der Waals surface area contributed by atoms with Crippen molar-refractivity contribution in [1.82, 2.24) is 4.90 Å². The van der Waals surface area contributed by atoms with Gasteiger partial charge in [-0.1, -0.05) is 104 Å². The molecule has 6 nitrogen and oxygen atoms in total. The first-order valence-corrected chi connectivity index (χ1v) is 21.2. The third-order valence-electron chi connectivity index (χ3n) is 16.9. The number of allylic oxidation sites excluding steroid dienone is 1. The average molecular weight is 718 g/mol. The molecule has 2 unspecified atom stereocenters. The normalized spacial score (nSPS) is 43.6. The van der Waals surface area contributed by atoms with Crippen LogP contribution in [0.25, 0.3) is 0 Å². The van der Waals surface area contributed by atoms with Crippen LogP contribution >= 0.6 is 0 Å². The summed E-state index contributed by atoms with van der Waals surface area (Å²) in [6, 6.07) is 10.8. The van der Waals surface area contributed by atoms with Crippen LogP contribution < -0.4 is 0 Å². The predicted octanol–water partition coefficient (Wildman–Crippen LogP) is 9.51. The molecule has 0 radical (unpaired) electrons. The summed E-state index contributed by atoms with van der Waals surface area (Å²) in [7, 11) is 1.91. The Labute approximate surface area is 316 Å². The number of rotatable bonds is 11. The van der Waals surface area contributed by atoms with E-state index in [2.05, 4.69) is 96.7 Å². The standard InChI is InChI=1S/C46H71NO5/c1-10-11-25-51-41(48)39-42(5,32(4)31(2)3)22-23-44(7)35-17-18-38-43(6)29-50-30-46(38,36(35)19-21-45(39,44)8)26-37(49-9)40(43)52-34-20-24-47(28-34)27-33-15-13-12-14-16-33/h12-16,19,31-32,34-35,37-40H,10-11,17-18,20-30H2,1-9H3/t32-,34?,35+,37-,38+,39-,40+,42-,43+,44-,45+,46?/m1/s1. The summed E-state index contributed by atoms with van der Waals surface area (Å²) >= 11 is 0. The number of methoxy groups -OCH3 is 1. The molecule has 2 heterocycles. The molecule has 6 aliphatic rings. The van der Waals surface area contributed by atoms with Gasteiger partial charge in [-0.3, -0.25) is 9.69 Å². The van der Waals surface area contributed by atoms with Crippen LogP contribution in [-0.4, -0.2) is 69.2 Å². The summed E-state index contributed by atoms with van der Waals surface area (Å²) in [5.74, 6) is 1.78. The molecule has 0 N–H and O–H groups in total. The number of benzene rings is 1. The summed E-state index contributed by atoms with van der Waals surface area (Å²) in [5, 5.41) is 0. The molecule has 3 saturated carbocycles. The number of ether oxygens (including phenoxy) is 4. The Kier molecular flexibility index (Phi) is 10.7. The Bertz CT molecular complexity index is 1460. The molecule has 0 amide bonds. The maximum Gasteiger partial charge on any atom is 0.310 e. The van der Waals surface area contributed by atoms with Crippen LogP contribution in [0.5, 0.6) is 0 Å². The molecule has 2 bridgehead atoms. The molecular weight excluding hydrogens is 647 g/mol. The van der Waals surface area contributed by atoms with Gasteiger partial charge in [0.1, 0.15) is 0 Å². The fourth-order valence-corrected chi connectivity index (χ4v) is 13.5. The quantitative estimate of drug-likeness (QED) is 0.129. The number of hydrogen-bond donors (Lipinski definition) is 0. The zero-order valence-corrected chi connectivity index (χ0v) is 34.2. The first kappa shape index (κ1) is 38.5. The zero-order valence-electron chi connectivity index (χ0n) is 34.2. The number of carbonyl (C=O) groups excluding carboxylic acids is 1. The van der Waals surface area contributed by atoms with Crippen molar-refractivity contribution in [3.8, 4) is 0 Å². The van der Waals surface area contributed by atoms with E-state index in [1.165, 1.54) is 18.4 Å². The van der Waals surface area contributed by atoms with Crippen LogP contribution in [0.2, 0.25) is 0 Å².